The minimum absolute atomic E-state index is 0.0166. The average molecular weight is 414 g/mol. The van der Waals surface area contributed by atoms with Gasteiger partial charge in [0.1, 0.15) is 17.8 Å². The summed E-state index contributed by atoms with van der Waals surface area (Å²) in [4.78, 5) is 20.7. The van der Waals surface area contributed by atoms with Crippen LogP contribution in [0, 0.1) is 50.0 Å². The van der Waals surface area contributed by atoms with Gasteiger partial charge in [-0.25, -0.2) is 4.85 Å². The monoisotopic (exact) mass is 414 g/mol. The normalized spacial score (nSPS) is 10.1. The van der Waals surface area contributed by atoms with E-state index in [0.29, 0.717) is 5.69 Å². The number of nitriles is 2. The number of pyridine rings is 1. The van der Waals surface area contributed by atoms with Gasteiger partial charge in [-0.3, -0.25) is 20.2 Å². The van der Waals surface area contributed by atoms with Crippen molar-refractivity contribution in [1.29, 1.82) is 10.5 Å². The summed E-state index contributed by atoms with van der Waals surface area (Å²) in [7, 11) is 1.54. The average Bonchev–Trinajstić information content (AvgIpc) is 3.02. The molecular formula is C21H18N8O2. The van der Waals surface area contributed by atoms with Crippen LogP contribution in [-0.4, -0.2) is 19.2 Å². The molecule has 0 atom stereocenters. The minimum atomic E-state index is -0.588. The highest BCUT2D eigenvalue weighted by Gasteiger charge is 2.21. The van der Waals surface area contributed by atoms with Gasteiger partial charge in [0.25, 0.3) is 11.2 Å². The highest BCUT2D eigenvalue weighted by atomic mass is 16.3. The number of aryl methyl sites for hydroxylation is 2. The second-order valence-electron chi connectivity index (χ2n) is 6.94. The summed E-state index contributed by atoms with van der Waals surface area (Å²) in [6, 6.07) is 9.11. The Bertz CT molecular complexity index is 1370. The maximum atomic E-state index is 13.3. The summed E-state index contributed by atoms with van der Waals surface area (Å²) in [5.41, 5.74) is 7.22. The number of aromatic nitrogens is 3. The Labute approximate surface area is 178 Å². The first-order chi connectivity index (χ1) is 14.7. The van der Waals surface area contributed by atoms with Crippen molar-refractivity contribution in [3.8, 4) is 23.7 Å². The molecule has 0 aliphatic rings. The van der Waals surface area contributed by atoms with Crippen molar-refractivity contribution in [2.45, 2.75) is 20.8 Å². The quantitative estimate of drug-likeness (QED) is 0.441. The number of nitrogens with zero attached hydrogens (tertiary/aromatic N) is 6. The molecule has 2 aromatic heterocycles. The summed E-state index contributed by atoms with van der Waals surface area (Å²) in [6.45, 7) is 12.7. The molecule has 10 heteroatoms. The third kappa shape index (κ3) is 3.52. The molecule has 31 heavy (non-hydrogen) atoms. The van der Waals surface area contributed by atoms with E-state index >= 15 is 0 Å². The Hall–Kier alpha value is -4.75. The van der Waals surface area contributed by atoms with Gasteiger partial charge in [-0.2, -0.15) is 15.5 Å². The van der Waals surface area contributed by atoms with Crippen LogP contribution >= 0.6 is 0 Å². The van der Waals surface area contributed by atoms with Crippen molar-refractivity contribution >= 4 is 17.3 Å². The lowest BCUT2D eigenvalue weighted by atomic mass is 10.1. The summed E-state index contributed by atoms with van der Waals surface area (Å²) >= 11 is 0. The van der Waals surface area contributed by atoms with Gasteiger partial charge in [-0.05, 0) is 49.6 Å². The molecular weight excluding hydrogens is 396 g/mol. The number of aromatic hydroxyl groups is 1. The van der Waals surface area contributed by atoms with Crippen molar-refractivity contribution in [1.82, 2.24) is 14.1 Å². The van der Waals surface area contributed by atoms with E-state index in [1.165, 1.54) is 11.5 Å². The number of anilines is 2. The fourth-order valence-corrected chi connectivity index (χ4v) is 3.30. The van der Waals surface area contributed by atoms with Crippen molar-refractivity contribution in [2.75, 3.05) is 10.9 Å². The van der Waals surface area contributed by atoms with Crippen LogP contribution in [-0.2, 0) is 7.05 Å². The van der Waals surface area contributed by atoms with Gasteiger partial charge in [0, 0.05) is 7.05 Å². The molecule has 0 aliphatic heterocycles. The Kier molecular flexibility index (Phi) is 5.37. The van der Waals surface area contributed by atoms with E-state index in [4.69, 9.17) is 11.8 Å². The van der Waals surface area contributed by atoms with Crippen LogP contribution in [0.3, 0.4) is 0 Å². The fraction of sp³-hybridized carbons (Fsp3) is 0.190. The lowest BCUT2D eigenvalue weighted by Crippen LogP contribution is -2.26. The van der Waals surface area contributed by atoms with Crippen LogP contribution in [0.4, 0.5) is 17.3 Å². The second kappa shape index (κ2) is 7.94. The van der Waals surface area contributed by atoms with Gasteiger partial charge in [-0.1, -0.05) is 6.07 Å². The van der Waals surface area contributed by atoms with Crippen molar-refractivity contribution in [2.24, 2.45) is 7.05 Å². The number of hydrazine groups is 1. The lowest BCUT2D eigenvalue weighted by molar-refractivity contribution is 0.439. The Morgan fingerprint density at radius 1 is 1.13 bits per heavy atom. The van der Waals surface area contributed by atoms with E-state index in [9.17, 15) is 15.2 Å². The molecule has 0 saturated carbocycles. The van der Waals surface area contributed by atoms with E-state index in [0.717, 1.165) is 15.7 Å². The zero-order valence-corrected chi connectivity index (χ0v) is 17.3. The number of hydrogen-bond acceptors (Lipinski definition) is 7. The Morgan fingerprint density at radius 3 is 2.29 bits per heavy atom. The van der Waals surface area contributed by atoms with Crippen molar-refractivity contribution < 1.29 is 5.11 Å². The first-order valence-electron chi connectivity index (χ1n) is 9.07. The fourth-order valence-electron chi connectivity index (χ4n) is 3.30. The number of nitrogens with one attached hydrogen (secondary N) is 2. The van der Waals surface area contributed by atoms with E-state index in [2.05, 4.69) is 20.7 Å². The van der Waals surface area contributed by atoms with E-state index in [1.807, 2.05) is 32.1 Å². The van der Waals surface area contributed by atoms with Crippen LogP contribution in [0.15, 0.2) is 23.0 Å². The molecule has 0 saturated heterocycles. The molecule has 10 nitrogen and oxygen atoms in total. The summed E-state index contributed by atoms with van der Waals surface area (Å²) < 4.78 is 2.42. The molecule has 0 unspecified atom stereocenters. The number of imidazole rings is 1. The number of benzene rings is 1. The second-order valence-corrected chi connectivity index (χ2v) is 6.94. The molecule has 2 heterocycles. The van der Waals surface area contributed by atoms with Crippen LogP contribution in [0.25, 0.3) is 10.5 Å². The van der Waals surface area contributed by atoms with Gasteiger partial charge in [0.05, 0.1) is 12.3 Å². The standard InChI is InChI=1S/C21H18N8O2/c1-11-6-12(2)8-14(7-11)29-19(30)17(24-4)13(3)18(20(29)31)26-27-21-25-15(9-22)16(10-23)28(21)5/h6-8,26,30H,1-3,5H3,(H,25,27). The highest BCUT2D eigenvalue weighted by Crippen LogP contribution is 2.34. The molecule has 0 spiro atoms. The Morgan fingerprint density at radius 2 is 1.77 bits per heavy atom. The van der Waals surface area contributed by atoms with Gasteiger partial charge in [0.2, 0.25) is 11.8 Å². The van der Waals surface area contributed by atoms with E-state index < -0.39 is 11.4 Å². The molecule has 3 aromatic rings. The van der Waals surface area contributed by atoms with Gasteiger partial charge in [-0.15, -0.1) is 0 Å². The first-order valence-corrected chi connectivity index (χ1v) is 9.07. The first kappa shape index (κ1) is 21.0. The smallest absolute Gasteiger partial charge is 0.280 e. The lowest BCUT2D eigenvalue weighted by Gasteiger charge is -2.18. The van der Waals surface area contributed by atoms with E-state index in [-0.39, 0.29) is 34.3 Å². The van der Waals surface area contributed by atoms with Crippen LogP contribution < -0.4 is 16.4 Å². The predicted molar refractivity (Wildman–Crippen MR) is 114 cm³/mol. The Balaban J connectivity index is 2.15. The van der Waals surface area contributed by atoms with Gasteiger partial charge >= 0.3 is 0 Å². The van der Waals surface area contributed by atoms with Crippen molar-refractivity contribution in [3.05, 3.63) is 68.0 Å². The molecule has 0 radical (unpaired) electrons. The van der Waals surface area contributed by atoms with Crippen LogP contribution in [0.5, 0.6) is 5.88 Å². The van der Waals surface area contributed by atoms with Gasteiger partial charge in [0.15, 0.2) is 11.4 Å². The zero-order valence-electron chi connectivity index (χ0n) is 17.3. The minimum Gasteiger partial charge on any atom is -0.502 e. The van der Waals surface area contributed by atoms with Crippen LogP contribution in [0.1, 0.15) is 28.1 Å². The molecule has 0 fully saturated rings. The third-order valence-electron chi connectivity index (χ3n) is 4.75. The summed E-state index contributed by atoms with van der Waals surface area (Å²) in [6.07, 6.45) is 0. The third-order valence-corrected chi connectivity index (χ3v) is 4.75. The summed E-state index contributed by atoms with van der Waals surface area (Å²) in [5, 5.41) is 29.0. The molecule has 0 amide bonds. The largest absolute Gasteiger partial charge is 0.502 e. The van der Waals surface area contributed by atoms with Crippen molar-refractivity contribution in [3.63, 3.8) is 0 Å². The predicted octanol–water partition coefficient (Wildman–Crippen LogP) is 2.94. The van der Waals surface area contributed by atoms with Crippen LogP contribution in [0.2, 0.25) is 0 Å². The zero-order chi connectivity index (χ0) is 22.9. The van der Waals surface area contributed by atoms with Gasteiger partial charge < -0.3 is 9.67 Å². The molecule has 154 valence electrons. The topological polar surface area (TPSA) is 136 Å². The highest BCUT2D eigenvalue weighted by molar-refractivity contribution is 5.72. The summed E-state index contributed by atoms with van der Waals surface area (Å²) in [5.74, 6) is -0.328. The molecule has 3 N–H and O–H groups in total. The number of rotatable bonds is 4. The maximum absolute atomic E-state index is 13.3. The molecule has 1 aromatic carbocycles. The molecule has 0 bridgehead atoms. The maximum Gasteiger partial charge on any atom is 0.280 e. The SMILES string of the molecule is [C-]#[N+]c1c(C)c(NNc2nc(C#N)c(C#N)n2C)c(=O)n(-c2cc(C)cc(C)c2)c1O. The molecule has 0 aliphatic carbocycles. The van der Waals surface area contributed by atoms with E-state index in [1.54, 1.807) is 19.2 Å². The molecule has 3 rings (SSSR count). The number of hydrogen-bond donors (Lipinski definition) is 3.